The molecule has 0 fully saturated rings. The number of aryl methyl sites for hydroxylation is 1. The van der Waals surface area contributed by atoms with E-state index in [4.69, 9.17) is 11.6 Å². The predicted molar refractivity (Wildman–Crippen MR) is 176 cm³/mol. The molecular formula is C35H37ClFN3O4S. The highest BCUT2D eigenvalue weighted by molar-refractivity contribution is 7.92. The van der Waals surface area contributed by atoms with Crippen LogP contribution in [0.25, 0.3) is 0 Å². The number of carbonyl (C=O) groups excluding carboxylic acids is 2. The summed E-state index contributed by atoms with van der Waals surface area (Å²) in [7, 11) is -4.26. The Labute approximate surface area is 269 Å². The second kappa shape index (κ2) is 14.3. The van der Waals surface area contributed by atoms with Gasteiger partial charge >= 0.3 is 0 Å². The van der Waals surface area contributed by atoms with Gasteiger partial charge in [0, 0.05) is 23.5 Å². The average molecular weight is 650 g/mol. The molecule has 1 atom stereocenters. The first kappa shape index (κ1) is 33.7. The Hall–Kier alpha value is -4.21. The number of para-hydroxylation sites is 1. The number of rotatable bonds is 11. The van der Waals surface area contributed by atoms with E-state index in [-0.39, 0.29) is 17.9 Å². The van der Waals surface area contributed by atoms with E-state index in [0.29, 0.717) is 21.8 Å². The Bertz CT molecular complexity index is 1730. The molecule has 4 aromatic carbocycles. The fraction of sp³-hybridized carbons (Fsp3) is 0.257. The van der Waals surface area contributed by atoms with Crippen molar-refractivity contribution in [3.63, 3.8) is 0 Å². The van der Waals surface area contributed by atoms with E-state index < -0.39 is 45.8 Å². The summed E-state index contributed by atoms with van der Waals surface area (Å²) in [6.45, 7) is 6.64. The van der Waals surface area contributed by atoms with Gasteiger partial charge in [0.2, 0.25) is 11.8 Å². The molecule has 1 N–H and O–H groups in total. The van der Waals surface area contributed by atoms with Crippen molar-refractivity contribution < 1.29 is 22.4 Å². The number of nitrogens with zero attached hydrogens (tertiary/aromatic N) is 2. The van der Waals surface area contributed by atoms with Gasteiger partial charge in [-0.3, -0.25) is 13.9 Å². The maximum absolute atomic E-state index is 14.5. The van der Waals surface area contributed by atoms with Crippen LogP contribution in [0.5, 0.6) is 0 Å². The Morgan fingerprint density at radius 3 is 2.04 bits per heavy atom. The van der Waals surface area contributed by atoms with E-state index >= 15 is 0 Å². The van der Waals surface area contributed by atoms with Gasteiger partial charge in [-0.05, 0) is 86.8 Å². The molecule has 0 spiro atoms. The number of sulfonamides is 1. The van der Waals surface area contributed by atoms with E-state index in [1.165, 1.54) is 41.3 Å². The first-order chi connectivity index (χ1) is 21.2. The highest BCUT2D eigenvalue weighted by atomic mass is 35.5. The van der Waals surface area contributed by atoms with Crippen LogP contribution in [0.15, 0.2) is 108 Å². The lowest BCUT2D eigenvalue weighted by atomic mass is 10.0. The van der Waals surface area contributed by atoms with Gasteiger partial charge < -0.3 is 10.2 Å². The highest BCUT2D eigenvalue weighted by Crippen LogP contribution is 2.28. The van der Waals surface area contributed by atoms with Gasteiger partial charge in [-0.15, -0.1) is 0 Å². The van der Waals surface area contributed by atoms with Crippen molar-refractivity contribution in [2.45, 2.75) is 57.1 Å². The third-order valence-corrected chi connectivity index (χ3v) is 9.13. The lowest BCUT2D eigenvalue weighted by Crippen LogP contribution is -2.56. The van der Waals surface area contributed by atoms with Crippen molar-refractivity contribution in [2.75, 3.05) is 10.8 Å². The SMILES string of the molecule is Cc1ccccc1N(CC(=O)N(Cc1ccc(F)cc1)[C@@H](Cc1ccccc1)C(=O)NC(C)(C)C)S(=O)(=O)c1ccc(Cl)cc1. The van der Waals surface area contributed by atoms with Crippen molar-refractivity contribution in [1.29, 1.82) is 0 Å². The standard InChI is InChI=1S/C35H37ClFN3O4S/c1-25-10-8-9-13-31(25)40(45(43,44)30-20-16-28(36)17-21-30)24-33(41)39(23-27-14-18-29(37)19-15-27)32(34(42)38-35(2,3)4)22-26-11-6-5-7-12-26/h5-21,32H,22-24H2,1-4H3,(H,38,42)/t32-/m0/s1. The summed E-state index contributed by atoms with van der Waals surface area (Å²) in [6.07, 6.45) is 0.171. The van der Waals surface area contributed by atoms with Crippen LogP contribution in [0.1, 0.15) is 37.5 Å². The minimum absolute atomic E-state index is 0.0423. The van der Waals surface area contributed by atoms with Crippen LogP contribution in [0, 0.1) is 12.7 Å². The zero-order valence-electron chi connectivity index (χ0n) is 25.7. The summed E-state index contributed by atoms with van der Waals surface area (Å²) in [5.74, 6) is -1.45. The van der Waals surface area contributed by atoms with Crippen LogP contribution in [-0.2, 0) is 32.6 Å². The molecule has 0 saturated heterocycles. The highest BCUT2D eigenvalue weighted by Gasteiger charge is 2.36. The summed E-state index contributed by atoms with van der Waals surface area (Å²) in [6, 6.07) is 26.5. The summed E-state index contributed by atoms with van der Waals surface area (Å²) in [5.41, 5.74) is 1.74. The first-order valence-electron chi connectivity index (χ1n) is 14.5. The van der Waals surface area contributed by atoms with Crippen LogP contribution in [0.4, 0.5) is 10.1 Å². The predicted octanol–water partition coefficient (Wildman–Crippen LogP) is 6.54. The zero-order chi connectivity index (χ0) is 32.8. The molecule has 7 nitrogen and oxygen atoms in total. The summed E-state index contributed by atoms with van der Waals surface area (Å²) in [4.78, 5) is 29.7. The molecule has 0 aliphatic carbocycles. The average Bonchev–Trinajstić information content (AvgIpc) is 2.99. The Kier molecular flexibility index (Phi) is 10.7. The van der Waals surface area contributed by atoms with E-state index in [2.05, 4.69) is 5.32 Å². The van der Waals surface area contributed by atoms with Gasteiger partial charge in [0.15, 0.2) is 0 Å². The van der Waals surface area contributed by atoms with Crippen molar-refractivity contribution in [3.05, 3.63) is 131 Å². The number of amides is 2. The van der Waals surface area contributed by atoms with Gasteiger partial charge in [0.25, 0.3) is 10.0 Å². The molecule has 0 saturated carbocycles. The van der Waals surface area contributed by atoms with Gasteiger partial charge in [-0.2, -0.15) is 0 Å². The quantitative estimate of drug-likeness (QED) is 0.200. The summed E-state index contributed by atoms with van der Waals surface area (Å²) < 4.78 is 43.1. The summed E-state index contributed by atoms with van der Waals surface area (Å²) >= 11 is 6.04. The van der Waals surface area contributed by atoms with Gasteiger partial charge in [0.1, 0.15) is 18.4 Å². The Balaban J connectivity index is 1.82. The Morgan fingerprint density at radius 2 is 1.44 bits per heavy atom. The molecule has 0 unspecified atom stereocenters. The van der Waals surface area contributed by atoms with Gasteiger partial charge in [-0.1, -0.05) is 72.3 Å². The van der Waals surface area contributed by atoms with Crippen LogP contribution >= 0.6 is 11.6 Å². The largest absolute Gasteiger partial charge is 0.350 e. The molecule has 4 rings (SSSR count). The van der Waals surface area contributed by atoms with E-state index in [1.807, 2.05) is 51.1 Å². The van der Waals surface area contributed by atoms with Crippen molar-refractivity contribution in [3.8, 4) is 0 Å². The molecule has 10 heteroatoms. The summed E-state index contributed by atoms with van der Waals surface area (Å²) in [5, 5.41) is 3.36. The van der Waals surface area contributed by atoms with E-state index in [0.717, 1.165) is 9.87 Å². The number of hydrogen-bond acceptors (Lipinski definition) is 4. The molecule has 0 aliphatic heterocycles. The molecule has 45 heavy (non-hydrogen) atoms. The van der Waals surface area contributed by atoms with Crippen LogP contribution in [0.3, 0.4) is 0 Å². The first-order valence-corrected chi connectivity index (χ1v) is 16.3. The maximum Gasteiger partial charge on any atom is 0.264 e. The fourth-order valence-electron chi connectivity index (χ4n) is 4.88. The topological polar surface area (TPSA) is 86.8 Å². The molecule has 4 aromatic rings. The lowest BCUT2D eigenvalue weighted by molar-refractivity contribution is -0.140. The third-order valence-electron chi connectivity index (χ3n) is 7.10. The molecule has 236 valence electrons. The van der Waals surface area contributed by atoms with Gasteiger partial charge in [-0.25, -0.2) is 12.8 Å². The van der Waals surface area contributed by atoms with Crippen LogP contribution in [-0.4, -0.2) is 43.3 Å². The zero-order valence-corrected chi connectivity index (χ0v) is 27.3. The number of benzene rings is 4. The molecular weight excluding hydrogens is 613 g/mol. The van der Waals surface area contributed by atoms with Gasteiger partial charge in [0.05, 0.1) is 10.6 Å². The van der Waals surface area contributed by atoms with Crippen LogP contribution < -0.4 is 9.62 Å². The number of nitrogens with one attached hydrogen (secondary N) is 1. The minimum atomic E-state index is -4.26. The van der Waals surface area contributed by atoms with E-state index in [1.54, 1.807) is 43.3 Å². The lowest BCUT2D eigenvalue weighted by Gasteiger charge is -2.35. The van der Waals surface area contributed by atoms with Crippen molar-refractivity contribution in [1.82, 2.24) is 10.2 Å². The Morgan fingerprint density at radius 1 is 0.844 bits per heavy atom. The van der Waals surface area contributed by atoms with Crippen molar-refractivity contribution in [2.24, 2.45) is 0 Å². The molecule has 0 radical (unpaired) electrons. The number of halogens is 2. The molecule has 0 aliphatic rings. The third kappa shape index (κ3) is 8.93. The molecule has 2 amide bonds. The minimum Gasteiger partial charge on any atom is -0.350 e. The van der Waals surface area contributed by atoms with Crippen LogP contribution in [0.2, 0.25) is 5.02 Å². The monoisotopic (exact) mass is 649 g/mol. The number of carbonyl (C=O) groups is 2. The molecule has 0 aromatic heterocycles. The normalized spacial score (nSPS) is 12.3. The second-order valence-corrected chi connectivity index (χ2v) is 14.1. The van der Waals surface area contributed by atoms with E-state index in [9.17, 15) is 22.4 Å². The maximum atomic E-state index is 14.5. The molecule has 0 bridgehead atoms. The van der Waals surface area contributed by atoms with Crippen molar-refractivity contribution >= 4 is 39.1 Å². The second-order valence-electron chi connectivity index (χ2n) is 11.8. The molecule has 0 heterocycles. The smallest absolute Gasteiger partial charge is 0.264 e. The fourth-order valence-corrected chi connectivity index (χ4v) is 6.49. The number of hydrogen-bond donors (Lipinski definition) is 1. The number of anilines is 1.